The highest BCUT2D eigenvalue weighted by Gasteiger charge is 2.07. The normalized spacial score (nSPS) is 20.0. The van der Waals surface area contributed by atoms with Gasteiger partial charge in [0.05, 0.1) is 0 Å². The molecule has 68 valence electrons. The maximum atomic E-state index is 10.9. The largest absolute Gasteiger partial charge is 0.306 e. The molecule has 1 aliphatic heterocycles. The van der Waals surface area contributed by atoms with Gasteiger partial charge in [0.1, 0.15) is 5.78 Å². The number of rotatable bonds is 2. The minimum atomic E-state index is 0.283. The summed E-state index contributed by atoms with van der Waals surface area (Å²) in [5, 5.41) is 0. The van der Waals surface area contributed by atoms with E-state index < -0.39 is 0 Å². The van der Waals surface area contributed by atoms with E-state index in [4.69, 9.17) is 0 Å². The smallest absolute Gasteiger partial charge is 0.133 e. The molecule has 0 aliphatic carbocycles. The lowest BCUT2D eigenvalue weighted by Gasteiger charge is -2.11. The van der Waals surface area contributed by atoms with Gasteiger partial charge in [0.25, 0.3) is 0 Å². The fraction of sp³-hybridized carbons (Fsp3) is 0.700. The predicted octanol–water partition coefficient (Wildman–Crippen LogP) is 1.62. The Bertz CT molecular complexity index is 196. The maximum Gasteiger partial charge on any atom is 0.133 e. The number of ketones is 1. The third kappa shape index (κ3) is 3.18. The van der Waals surface area contributed by atoms with E-state index in [0.29, 0.717) is 6.42 Å². The van der Waals surface area contributed by atoms with Crippen molar-refractivity contribution in [2.75, 3.05) is 20.1 Å². The Kier molecular flexibility index (Phi) is 3.48. The van der Waals surface area contributed by atoms with Gasteiger partial charge in [-0.15, -0.1) is 0 Å². The quantitative estimate of drug-likeness (QED) is 0.582. The van der Waals surface area contributed by atoms with E-state index in [1.165, 1.54) is 5.57 Å². The molecule has 0 bridgehead atoms. The molecule has 0 spiro atoms. The second-order valence-electron chi connectivity index (χ2n) is 3.58. The van der Waals surface area contributed by atoms with Gasteiger partial charge in [-0.25, -0.2) is 0 Å². The SMILES string of the molecule is CC(=O)CC1=CCCN(C)CC1. The molecule has 0 saturated heterocycles. The molecular formula is C10H17NO. The summed E-state index contributed by atoms with van der Waals surface area (Å²) in [6, 6.07) is 0. The minimum absolute atomic E-state index is 0.283. The monoisotopic (exact) mass is 167 g/mol. The van der Waals surface area contributed by atoms with Gasteiger partial charge >= 0.3 is 0 Å². The zero-order valence-electron chi connectivity index (χ0n) is 7.97. The molecule has 2 nitrogen and oxygen atoms in total. The predicted molar refractivity (Wildman–Crippen MR) is 50.1 cm³/mol. The van der Waals surface area contributed by atoms with Gasteiger partial charge in [-0.05, 0) is 26.8 Å². The van der Waals surface area contributed by atoms with Gasteiger partial charge in [0.15, 0.2) is 0 Å². The molecule has 0 fully saturated rings. The number of nitrogens with zero attached hydrogens (tertiary/aromatic N) is 1. The Hall–Kier alpha value is -0.630. The van der Waals surface area contributed by atoms with Gasteiger partial charge in [-0.3, -0.25) is 4.79 Å². The van der Waals surface area contributed by atoms with Crippen molar-refractivity contribution >= 4 is 5.78 Å². The van der Waals surface area contributed by atoms with Crippen LogP contribution in [0, 0.1) is 0 Å². The van der Waals surface area contributed by atoms with Crippen molar-refractivity contribution in [1.29, 1.82) is 0 Å². The highest BCUT2D eigenvalue weighted by atomic mass is 16.1. The third-order valence-electron chi connectivity index (χ3n) is 2.23. The summed E-state index contributed by atoms with van der Waals surface area (Å²) < 4.78 is 0. The van der Waals surface area contributed by atoms with Crippen LogP contribution >= 0.6 is 0 Å². The summed E-state index contributed by atoms with van der Waals surface area (Å²) in [4.78, 5) is 13.2. The van der Waals surface area contributed by atoms with Gasteiger partial charge in [-0.1, -0.05) is 11.6 Å². The van der Waals surface area contributed by atoms with Crippen LogP contribution in [-0.4, -0.2) is 30.8 Å². The molecule has 0 aromatic rings. The molecule has 0 aromatic heterocycles. The molecule has 0 saturated carbocycles. The number of hydrogen-bond acceptors (Lipinski definition) is 2. The summed E-state index contributed by atoms with van der Waals surface area (Å²) in [6.07, 6.45) is 5.05. The second-order valence-corrected chi connectivity index (χ2v) is 3.58. The number of carbonyl (C=O) groups is 1. The van der Waals surface area contributed by atoms with Crippen LogP contribution in [0.25, 0.3) is 0 Å². The van der Waals surface area contributed by atoms with E-state index in [9.17, 15) is 4.79 Å². The van der Waals surface area contributed by atoms with Crippen LogP contribution in [0.1, 0.15) is 26.2 Å². The third-order valence-corrected chi connectivity index (χ3v) is 2.23. The van der Waals surface area contributed by atoms with Crippen molar-refractivity contribution in [2.24, 2.45) is 0 Å². The number of Topliss-reactive ketones (excluding diaryl/α,β-unsaturated/α-hetero) is 1. The van der Waals surface area contributed by atoms with E-state index in [0.717, 1.165) is 25.9 Å². The molecule has 0 amide bonds. The van der Waals surface area contributed by atoms with Gasteiger partial charge in [0, 0.05) is 19.5 Å². The van der Waals surface area contributed by atoms with Crippen LogP contribution in [0.15, 0.2) is 11.6 Å². The van der Waals surface area contributed by atoms with Crippen LogP contribution < -0.4 is 0 Å². The molecule has 12 heavy (non-hydrogen) atoms. The van der Waals surface area contributed by atoms with Crippen LogP contribution in [0.5, 0.6) is 0 Å². The van der Waals surface area contributed by atoms with Crippen molar-refractivity contribution in [3.05, 3.63) is 11.6 Å². The zero-order chi connectivity index (χ0) is 8.97. The van der Waals surface area contributed by atoms with Gasteiger partial charge in [0.2, 0.25) is 0 Å². The average molecular weight is 167 g/mol. The molecule has 1 aliphatic rings. The van der Waals surface area contributed by atoms with Crippen molar-refractivity contribution in [1.82, 2.24) is 4.90 Å². The molecule has 1 heterocycles. The fourth-order valence-electron chi connectivity index (χ4n) is 1.52. The Labute approximate surface area is 74.2 Å². The lowest BCUT2D eigenvalue weighted by Crippen LogP contribution is -2.18. The van der Waals surface area contributed by atoms with E-state index in [-0.39, 0.29) is 5.78 Å². The van der Waals surface area contributed by atoms with Crippen molar-refractivity contribution in [3.8, 4) is 0 Å². The molecule has 0 unspecified atom stereocenters. The Morgan fingerprint density at radius 1 is 1.58 bits per heavy atom. The molecule has 0 N–H and O–H groups in total. The first-order valence-corrected chi connectivity index (χ1v) is 4.54. The lowest BCUT2D eigenvalue weighted by atomic mass is 10.1. The fourth-order valence-corrected chi connectivity index (χ4v) is 1.52. The summed E-state index contributed by atoms with van der Waals surface area (Å²) in [7, 11) is 2.13. The van der Waals surface area contributed by atoms with Crippen molar-refractivity contribution < 1.29 is 4.79 Å². The summed E-state index contributed by atoms with van der Waals surface area (Å²) >= 11 is 0. The topological polar surface area (TPSA) is 20.3 Å². The van der Waals surface area contributed by atoms with Crippen LogP contribution in [0.4, 0.5) is 0 Å². The Morgan fingerprint density at radius 3 is 3.00 bits per heavy atom. The molecule has 0 aromatic carbocycles. The first-order chi connectivity index (χ1) is 5.68. The lowest BCUT2D eigenvalue weighted by molar-refractivity contribution is -0.116. The maximum absolute atomic E-state index is 10.9. The van der Waals surface area contributed by atoms with E-state index >= 15 is 0 Å². The summed E-state index contributed by atoms with van der Waals surface area (Å²) in [5.74, 6) is 0.283. The molecule has 1 rings (SSSR count). The molecular weight excluding hydrogens is 150 g/mol. The van der Waals surface area contributed by atoms with Crippen LogP contribution in [0.2, 0.25) is 0 Å². The highest BCUT2D eigenvalue weighted by Crippen LogP contribution is 2.13. The Morgan fingerprint density at radius 2 is 2.33 bits per heavy atom. The standard InChI is InChI=1S/C10H17NO/c1-9(12)8-10-4-3-6-11(2)7-5-10/h4H,3,5-8H2,1-2H3. The average Bonchev–Trinajstić information content (AvgIpc) is 2.15. The van der Waals surface area contributed by atoms with Crippen molar-refractivity contribution in [2.45, 2.75) is 26.2 Å². The van der Waals surface area contributed by atoms with Gasteiger partial charge < -0.3 is 4.90 Å². The van der Waals surface area contributed by atoms with E-state index in [2.05, 4.69) is 18.0 Å². The minimum Gasteiger partial charge on any atom is -0.306 e. The van der Waals surface area contributed by atoms with E-state index in [1.807, 2.05) is 0 Å². The van der Waals surface area contributed by atoms with E-state index in [1.54, 1.807) is 6.92 Å². The van der Waals surface area contributed by atoms with Gasteiger partial charge in [-0.2, -0.15) is 0 Å². The van der Waals surface area contributed by atoms with Crippen molar-refractivity contribution in [3.63, 3.8) is 0 Å². The summed E-state index contributed by atoms with van der Waals surface area (Å²) in [5.41, 5.74) is 1.33. The summed E-state index contributed by atoms with van der Waals surface area (Å²) in [6.45, 7) is 3.88. The highest BCUT2D eigenvalue weighted by molar-refractivity contribution is 5.78. The molecule has 0 atom stereocenters. The molecule has 0 radical (unpaired) electrons. The first-order valence-electron chi connectivity index (χ1n) is 4.54. The number of hydrogen-bond donors (Lipinski definition) is 0. The second kappa shape index (κ2) is 4.41. The van der Waals surface area contributed by atoms with Crippen LogP contribution in [-0.2, 0) is 4.79 Å². The Balaban J connectivity index is 2.43. The molecule has 2 heteroatoms. The zero-order valence-corrected chi connectivity index (χ0v) is 7.97. The first kappa shape index (κ1) is 9.46. The van der Waals surface area contributed by atoms with Crippen LogP contribution in [0.3, 0.4) is 0 Å². The number of carbonyl (C=O) groups excluding carboxylic acids is 1.